The van der Waals surface area contributed by atoms with Crippen LogP contribution in [0.25, 0.3) is 0 Å². The highest BCUT2D eigenvalue weighted by Crippen LogP contribution is 2.22. The lowest BCUT2D eigenvalue weighted by molar-refractivity contribution is 0.180. The Kier molecular flexibility index (Phi) is 3.45. The number of hydrogen-bond donors (Lipinski definition) is 3. The van der Waals surface area contributed by atoms with Crippen molar-refractivity contribution in [2.45, 2.75) is 25.4 Å². The van der Waals surface area contributed by atoms with Crippen LogP contribution in [0.2, 0.25) is 0 Å². The van der Waals surface area contributed by atoms with E-state index >= 15 is 0 Å². The summed E-state index contributed by atoms with van der Waals surface area (Å²) in [4.78, 5) is 17.4. The van der Waals surface area contributed by atoms with E-state index in [9.17, 15) is 4.79 Å². The minimum absolute atomic E-state index is 0.0251. The maximum absolute atomic E-state index is 10.7. The monoisotopic (exact) mass is 274 g/mol. The van der Waals surface area contributed by atoms with Crippen LogP contribution in [0.5, 0.6) is 0 Å². The van der Waals surface area contributed by atoms with E-state index in [1.807, 2.05) is 18.2 Å². The Hall–Kier alpha value is -2.24. The number of piperidine rings is 1. The van der Waals surface area contributed by atoms with Crippen LogP contribution in [0.15, 0.2) is 29.3 Å². The number of benzene rings is 1. The summed E-state index contributed by atoms with van der Waals surface area (Å²) in [6.45, 7) is 2.25. The van der Waals surface area contributed by atoms with Crippen molar-refractivity contribution in [2.24, 2.45) is 4.99 Å². The Morgan fingerprint density at radius 2 is 2.30 bits per heavy atom. The number of rotatable bonds is 1. The zero-order chi connectivity index (χ0) is 13.9. The molecule has 3 N–H and O–H groups in total. The van der Waals surface area contributed by atoms with E-state index < -0.39 is 6.09 Å². The summed E-state index contributed by atoms with van der Waals surface area (Å²) >= 11 is 0. The number of para-hydroxylation sites is 1. The highest BCUT2D eigenvalue weighted by molar-refractivity contribution is 5.95. The van der Waals surface area contributed by atoms with Crippen LogP contribution >= 0.6 is 0 Å². The lowest BCUT2D eigenvalue weighted by Crippen LogP contribution is -2.51. The van der Waals surface area contributed by atoms with E-state index in [0.717, 1.165) is 31.0 Å². The smallest absolute Gasteiger partial charge is 0.404 e. The third kappa shape index (κ3) is 2.68. The van der Waals surface area contributed by atoms with Gasteiger partial charge >= 0.3 is 6.09 Å². The summed E-state index contributed by atoms with van der Waals surface area (Å²) in [5.74, 6) is 0.848. The fourth-order valence-corrected chi connectivity index (χ4v) is 2.74. The molecule has 2 heterocycles. The zero-order valence-corrected chi connectivity index (χ0v) is 11.2. The van der Waals surface area contributed by atoms with Crippen LogP contribution in [0.1, 0.15) is 18.4 Å². The molecule has 0 saturated carbocycles. The Morgan fingerprint density at radius 1 is 1.45 bits per heavy atom. The van der Waals surface area contributed by atoms with Crippen molar-refractivity contribution in [3.8, 4) is 0 Å². The molecule has 3 rings (SSSR count). The number of fused-ring (bicyclic) bond motifs is 1. The fourth-order valence-electron chi connectivity index (χ4n) is 2.74. The Balaban J connectivity index is 1.68. The number of likely N-dealkylation sites (tertiary alicyclic amines) is 1. The number of guanidine groups is 1. The van der Waals surface area contributed by atoms with Crippen molar-refractivity contribution in [1.82, 2.24) is 10.2 Å². The van der Waals surface area contributed by atoms with E-state index in [-0.39, 0.29) is 6.04 Å². The summed E-state index contributed by atoms with van der Waals surface area (Å²) in [6, 6.07) is 8.09. The molecule has 6 heteroatoms. The average Bonchev–Trinajstić information content (AvgIpc) is 2.46. The summed E-state index contributed by atoms with van der Waals surface area (Å²) < 4.78 is 0. The highest BCUT2D eigenvalue weighted by Gasteiger charge is 2.25. The lowest BCUT2D eigenvalue weighted by Gasteiger charge is -2.36. The van der Waals surface area contributed by atoms with Crippen molar-refractivity contribution < 1.29 is 9.90 Å². The molecule has 0 aliphatic carbocycles. The maximum atomic E-state index is 10.7. The molecule has 1 amide bonds. The van der Waals surface area contributed by atoms with Gasteiger partial charge in [-0.05, 0) is 24.5 Å². The zero-order valence-electron chi connectivity index (χ0n) is 11.2. The van der Waals surface area contributed by atoms with Gasteiger partial charge in [-0.3, -0.25) is 0 Å². The van der Waals surface area contributed by atoms with Gasteiger partial charge in [-0.2, -0.15) is 0 Å². The first-order valence-electron chi connectivity index (χ1n) is 6.86. The Bertz CT molecular complexity index is 544. The van der Waals surface area contributed by atoms with Crippen molar-refractivity contribution >= 4 is 17.7 Å². The topological polar surface area (TPSA) is 77.0 Å². The molecule has 1 aromatic carbocycles. The molecule has 0 radical (unpaired) electrons. The van der Waals surface area contributed by atoms with Crippen LogP contribution in [0.3, 0.4) is 0 Å². The minimum Gasteiger partial charge on any atom is -0.465 e. The second-order valence-corrected chi connectivity index (χ2v) is 5.16. The number of carbonyl (C=O) groups is 1. The molecule has 2 aliphatic heterocycles. The number of anilines is 1. The standard InChI is InChI=1S/C14H18N4O2/c19-14(20)16-11-5-3-7-18(9-11)13-15-8-10-4-1-2-6-12(10)17-13/h1-2,4,6,11,16H,3,5,7-9H2,(H,15,17)(H,19,20). The van der Waals surface area contributed by atoms with E-state index in [2.05, 4.69) is 26.6 Å². The molecular formula is C14H18N4O2. The molecule has 106 valence electrons. The fraction of sp³-hybridized carbons (Fsp3) is 0.429. The molecule has 0 bridgehead atoms. The first-order chi connectivity index (χ1) is 9.72. The average molecular weight is 274 g/mol. The first-order valence-corrected chi connectivity index (χ1v) is 6.86. The van der Waals surface area contributed by atoms with Gasteiger partial charge in [0, 0.05) is 24.8 Å². The van der Waals surface area contributed by atoms with Gasteiger partial charge in [0.25, 0.3) is 0 Å². The maximum Gasteiger partial charge on any atom is 0.404 e. The van der Waals surface area contributed by atoms with E-state index in [1.54, 1.807) is 0 Å². The SMILES string of the molecule is O=C(O)NC1CCCN(C2=NCc3ccccc3N2)C1. The number of hydrogen-bond acceptors (Lipinski definition) is 4. The first kappa shape index (κ1) is 12.8. The predicted octanol–water partition coefficient (Wildman–Crippen LogP) is 1.70. The lowest BCUT2D eigenvalue weighted by atomic mass is 10.1. The van der Waals surface area contributed by atoms with Gasteiger partial charge in [-0.25, -0.2) is 9.79 Å². The Morgan fingerprint density at radius 3 is 3.15 bits per heavy atom. The van der Waals surface area contributed by atoms with Crippen LogP contribution in [0, 0.1) is 0 Å². The molecule has 20 heavy (non-hydrogen) atoms. The molecule has 1 unspecified atom stereocenters. The number of amides is 1. The van der Waals surface area contributed by atoms with Crippen molar-refractivity contribution in [2.75, 3.05) is 18.4 Å². The van der Waals surface area contributed by atoms with Gasteiger partial charge in [-0.1, -0.05) is 18.2 Å². The van der Waals surface area contributed by atoms with E-state index in [0.29, 0.717) is 13.1 Å². The van der Waals surface area contributed by atoms with Crippen LogP contribution in [-0.4, -0.2) is 41.2 Å². The summed E-state index contributed by atoms with van der Waals surface area (Å²) in [5.41, 5.74) is 2.28. The van der Waals surface area contributed by atoms with Gasteiger partial charge in [0.2, 0.25) is 0 Å². The number of nitrogens with one attached hydrogen (secondary N) is 2. The molecule has 1 saturated heterocycles. The number of aliphatic imine (C=N–C) groups is 1. The van der Waals surface area contributed by atoms with Gasteiger partial charge in [-0.15, -0.1) is 0 Å². The van der Waals surface area contributed by atoms with Crippen LogP contribution in [0.4, 0.5) is 10.5 Å². The summed E-state index contributed by atoms with van der Waals surface area (Å²) in [7, 11) is 0. The molecule has 0 spiro atoms. The molecular weight excluding hydrogens is 256 g/mol. The number of nitrogens with zero attached hydrogens (tertiary/aromatic N) is 2. The van der Waals surface area contributed by atoms with Gasteiger partial charge < -0.3 is 20.6 Å². The van der Waals surface area contributed by atoms with Crippen LogP contribution < -0.4 is 10.6 Å². The molecule has 1 atom stereocenters. The van der Waals surface area contributed by atoms with Crippen LogP contribution in [-0.2, 0) is 6.54 Å². The molecule has 0 aromatic heterocycles. The molecule has 1 aromatic rings. The predicted molar refractivity (Wildman–Crippen MR) is 77.0 cm³/mol. The Labute approximate surface area is 117 Å². The molecule has 6 nitrogen and oxygen atoms in total. The highest BCUT2D eigenvalue weighted by atomic mass is 16.4. The van der Waals surface area contributed by atoms with Crippen molar-refractivity contribution in [1.29, 1.82) is 0 Å². The third-order valence-corrected chi connectivity index (χ3v) is 3.71. The minimum atomic E-state index is -0.958. The van der Waals surface area contributed by atoms with Gasteiger partial charge in [0.05, 0.1) is 6.54 Å². The second-order valence-electron chi connectivity index (χ2n) is 5.16. The largest absolute Gasteiger partial charge is 0.465 e. The number of carboxylic acid groups (broad SMARTS) is 1. The third-order valence-electron chi connectivity index (χ3n) is 3.71. The molecule has 2 aliphatic rings. The summed E-state index contributed by atoms with van der Waals surface area (Å²) in [5, 5.41) is 14.7. The second kappa shape index (κ2) is 5.40. The van der Waals surface area contributed by atoms with Crippen molar-refractivity contribution in [3.63, 3.8) is 0 Å². The van der Waals surface area contributed by atoms with Gasteiger partial charge in [0.15, 0.2) is 5.96 Å². The molecule has 1 fully saturated rings. The van der Waals surface area contributed by atoms with E-state index in [1.165, 1.54) is 5.56 Å². The quantitative estimate of drug-likeness (QED) is 0.728. The van der Waals surface area contributed by atoms with Crippen molar-refractivity contribution in [3.05, 3.63) is 29.8 Å². The summed E-state index contributed by atoms with van der Waals surface area (Å²) in [6.07, 6.45) is 0.890. The van der Waals surface area contributed by atoms with E-state index in [4.69, 9.17) is 5.11 Å². The normalized spacial score (nSPS) is 21.5. The van der Waals surface area contributed by atoms with Gasteiger partial charge in [0.1, 0.15) is 0 Å².